The van der Waals surface area contributed by atoms with Crippen molar-refractivity contribution in [2.45, 2.75) is 36.4 Å². The van der Waals surface area contributed by atoms with Gasteiger partial charge in [0.25, 0.3) is 0 Å². The van der Waals surface area contributed by atoms with Crippen molar-refractivity contribution < 1.29 is 23.8 Å². The first-order chi connectivity index (χ1) is 11.0. The Hall–Kier alpha value is -1.50. The summed E-state index contributed by atoms with van der Waals surface area (Å²) >= 11 is 7.57. The average Bonchev–Trinajstić information content (AvgIpc) is 2.49. The van der Waals surface area contributed by atoms with Crippen LogP contribution in [0.4, 0.5) is 0 Å². The quantitative estimate of drug-likeness (QED) is 0.596. The summed E-state index contributed by atoms with van der Waals surface area (Å²) in [5, 5.41) is 0.633. The van der Waals surface area contributed by atoms with Crippen molar-refractivity contribution in [3.8, 4) is 0 Å². The van der Waals surface area contributed by atoms with Gasteiger partial charge in [-0.3, -0.25) is 9.59 Å². The summed E-state index contributed by atoms with van der Waals surface area (Å²) in [7, 11) is 0. The van der Waals surface area contributed by atoms with Crippen LogP contribution in [0.2, 0.25) is 5.02 Å². The van der Waals surface area contributed by atoms with Crippen molar-refractivity contribution >= 4 is 35.3 Å². The van der Waals surface area contributed by atoms with Crippen molar-refractivity contribution in [2.75, 3.05) is 6.61 Å². The summed E-state index contributed by atoms with van der Waals surface area (Å²) in [6.07, 6.45) is 2.39. The number of ether oxygens (including phenoxy) is 3. The normalized spacial score (nSPS) is 23.3. The molecule has 5 nitrogen and oxygen atoms in total. The minimum absolute atomic E-state index is 0.0111. The monoisotopic (exact) mass is 356 g/mol. The van der Waals surface area contributed by atoms with Gasteiger partial charge in [-0.1, -0.05) is 35.5 Å². The number of rotatable bonds is 5. The molecular weight excluding hydrogens is 340 g/mol. The smallest absolute Gasteiger partial charge is 0.303 e. The van der Waals surface area contributed by atoms with Crippen LogP contribution in [-0.2, 0) is 23.8 Å². The first-order valence-corrected chi connectivity index (χ1v) is 8.27. The van der Waals surface area contributed by atoms with E-state index in [1.165, 1.54) is 25.6 Å². The average molecular weight is 357 g/mol. The van der Waals surface area contributed by atoms with Gasteiger partial charge in [0.1, 0.15) is 24.3 Å². The van der Waals surface area contributed by atoms with Crippen molar-refractivity contribution in [3.63, 3.8) is 0 Å². The van der Waals surface area contributed by atoms with Crippen LogP contribution in [-0.4, -0.2) is 36.2 Å². The fourth-order valence-electron chi connectivity index (χ4n) is 1.99. The van der Waals surface area contributed by atoms with Crippen LogP contribution >= 0.6 is 23.4 Å². The molecule has 0 fully saturated rings. The summed E-state index contributed by atoms with van der Waals surface area (Å²) in [5.41, 5.74) is -0.317. The highest BCUT2D eigenvalue weighted by molar-refractivity contribution is 8.00. The van der Waals surface area contributed by atoms with Gasteiger partial charge < -0.3 is 14.2 Å². The summed E-state index contributed by atoms with van der Waals surface area (Å²) in [5.74, 6) is -0.840. The first-order valence-electron chi connectivity index (χ1n) is 7.01. The third-order valence-electron chi connectivity index (χ3n) is 2.97. The van der Waals surface area contributed by atoms with E-state index in [1.54, 1.807) is 18.2 Å². The Morgan fingerprint density at radius 2 is 1.96 bits per heavy atom. The van der Waals surface area contributed by atoms with E-state index in [9.17, 15) is 9.59 Å². The molecule has 1 heterocycles. The second kappa shape index (κ2) is 8.38. The molecule has 0 aliphatic carbocycles. The molecule has 0 saturated carbocycles. The molecular formula is C16H17ClO5S. The molecule has 0 aromatic heterocycles. The Balaban J connectivity index is 2.07. The number of carbonyl (C=O) groups excluding carboxylic acids is 2. The van der Waals surface area contributed by atoms with Crippen LogP contribution in [0.15, 0.2) is 41.3 Å². The highest BCUT2D eigenvalue weighted by atomic mass is 35.5. The molecule has 23 heavy (non-hydrogen) atoms. The molecule has 1 aliphatic rings. The van der Waals surface area contributed by atoms with Gasteiger partial charge in [-0.05, 0) is 24.3 Å². The Kier molecular flexibility index (Phi) is 6.50. The second-order valence-corrected chi connectivity index (χ2v) is 6.40. The van der Waals surface area contributed by atoms with Gasteiger partial charge in [0.15, 0.2) is 0 Å². The maximum atomic E-state index is 11.2. The topological polar surface area (TPSA) is 61.8 Å². The molecule has 0 spiro atoms. The molecule has 1 unspecified atom stereocenters. The number of esters is 2. The number of carbonyl (C=O) groups is 2. The van der Waals surface area contributed by atoms with Gasteiger partial charge in [0.05, 0.1) is 5.02 Å². The number of hydrogen-bond acceptors (Lipinski definition) is 6. The van der Waals surface area contributed by atoms with E-state index in [-0.39, 0.29) is 12.0 Å². The molecule has 0 saturated heterocycles. The maximum absolute atomic E-state index is 11.2. The molecule has 1 aromatic carbocycles. The highest BCUT2D eigenvalue weighted by Gasteiger charge is 2.31. The molecule has 0 radical (unpaired) electrons. The van der Waals surface area contributed by atoms with Crippen LogP contribution in [0.3, 0.4) is 0 Å². The predicted molar refractivity (Wildman–Crippen MR) is 87.3 cm³/mol. The molecule has 1 aliphatic heterocycles. The van der Waals surface area contributed by atoms with Gasteiger partial charge in [-0.25, -0.2) is 0 Å². The van der Waals surface area contributed by atoms with Crippen molar-refractivity contribution in [1.29, 1.82) is 0 Å². The number of benzene rings is 1. The largest absolute Gasteiger partial charge is 0.463 e. The van der Waals surface area contributed by atoms with Crippen LogP contribution in [0.1, 0.15) is 13.8 Å². The Bertz CT molecular complexity index is 604. The predicted octanol–water partition coefficient (Wildman–Crippen LogP) is 3.21. The van der Waals surface area contributed by atoms with E-state index in [2.05, 4.69) is 0 Å². The van der Waals surface area contributed by atoms with Gasteiger partial charge in [0, 0.05) is 18.7 Å². The van der Waals surface area contributed by atoms with E-state index in [4.69, 9.17) is 25.8 Å². The van der Waals surface area contributed by atoms with Gasteiger partial charge in [-0.2, -0.15) is 0 Å². The minimum atomic E-state index is -0.588. The van der Waals surface area contributed by atoms with Crippen LogP contribution in [0.5, 0.6) is 0 Å². The third-order valence-corrected chi connectivity index (χ3v) is 4.52. The molecule has 0 amide bonds. The van der Waals surface area contributed by atoms with E-state index < -0.39 is 24.1 Å². The highest BCUT2D eigenvalue weighted by Crippen LogP contribution is 2.34. The first kappa shape index (κ1) is 17.8. The Labute approximate surface area is 143 Å². The zero-order valence-corrected chi connectivity index (χ0v) is 14.3. The maximum Gasteiger partial charge on any atom is 0.303 e. The summed E-state index contributed by atoms with van der Waals surface area (Å²) < 4.78 is 16.0. The van der Waals surface area contributed by atoms with E-state index in [0.717, 1.165) is 4.90 Å². The summed E-state index contributed by atoms with van der Waals surface area (Å²) in [6.45, 7) is 2.65. The molecule has 2 rings (SSSR count). The summed E-state index contributed by atoms with van der Waals surface area (Å²) in [4.78, 5) is 23.1. The standard InChI is InChI=1S/C16H17ClO5S/c1-10(18)20-9-14-13(21-11(2)19)7-8-16(22-14)23-15-6-4-3-5-12(15)17/h3-8,13-14,16H,9H2,1-2H3/t13-,14+,16?/m0/s1. The van der Waals surface area contributed by atoms with Crippen LogP contribution < -0.4 is 0 Å². The minimum Gasteiger partial charge on any atom is -0.463 e. The summed E-state index contributed by atoms with van der Waals surface area (Å²) in [6, 6.07) is 7.43. The lowest BCUT2D eigenvalue weighted by atomic mass is 10.1. The zero-order chi connectivity index (χ0) is 16.8. The second-order valence-electron chi connectivity index (χ2n) is 4.85. The van der Waals surface area contributed by atoms with E-state index >= 15 is 0 Å². The fourth-order valence-corrected chi connectivity index (χ4v) is 3.22. The Morgan fingerprint density at radius 1 is 1.22 bits per heavy atom. The SMILES string of the molecule is CC(=O)OC[C@H]1OC(Sc2ccccc2Cl)C=C[C@@H]1OC(C)=O. The molecule has 0 bridgehead atoms. The number of halogens is 1. The Morgan fingerprint density at radius 3 is 2.61 bits per heavy atom. The van der Waals surface area contributed by atoms with E-state index in [0.29, 0.717) is 5.02 Å². The van der Waals surface area contributed by atoms with E-state index in [1.807, 2.05) is 18.2 Å². The molecule has 124 valence electrons. The third kappa shape index (κ3) is 5.57. The zero-order valence-electron chi connectivity index (χ0n) is 12.7. The van der Waals surface area contributed by atoms with Crippen LogP contribution in [0, 0.1) is 0 Å². The molecule has 7 heteroatoms. The van der Waals surface area contributed by atoms with Gasteiger partial charge >= 0.3 is 11.9 Å². The van der Waals surface area contributed by atoms with Crippen molar-refractivity contribution in [1.82, 2.24) is 0 Å². The molecule has 1 aromatic rings. The number of hydrogen-bond donors (Lipinski definition) is 0. The lowest BCUT2D eigenvalue weighted by Gasteiger charge is -2.31. The van der Waals surface area contributed by atoms with Crippen molar-refractivity contribution in [2.24, 2.45) is 0 Å². The molecule has 0 N–H and O–H groups in total. The van der Waals surface area contributed by atoms with Crippen LogP contribution in [0.25, 0.3) is 0 Å². The lowest BCUT2D eigenvalue weighted by molar-refractivity contribution is -0.160. The lowest BCUT2D eigenvalue weighted by Crippen LogP contribution is -2.40. The van der Waals surface area contributed by atoms with Crippen molar-refractivity contribution in [3.05, 3.63) is 41.4 Å². The molecule has 3 atom stereocenters. The number of thioether (sulfide) groups is 1. The van der Waals surface area contributed by atoms with Gasteiger partial charge in [-0.15, -0.1) is 0 Å². The fraction of sp³-hybridized carbons (Fsp3) is 0.375. The van der Waals surface area contributed by atoms with Gasteiger partial charge in [0.2, 0.25) is 0 Å².